The fraction of sp³-hybridized carbons (Fsp3) is 0.410. The van der Waals surface area contributed by atoms with Crippen molar-refractivity contribution in [2.24, 2.45) is 23.5 Å². The Labute approximate surface area is 278 Å². The van der Waals surface area contributed by atoms with Crippen molar-refractivity contribution < 1.29 is 19.5 Å². The number of hydrogen-bond donors (Lipinski definition) is 5. The summed E-state index contributed by atoms with van der Waals surface area (Å²) in [6, 6.07) is 27.6. The van der Waals surface area contributed by atoms with Crippen LogP contribution in [0.4, 0.5) is 0 Å². The standard InChI is InChI=1S/C39H50N4O4/c1-5-26(4)24-41-36(45)23-35(44)34(20-25(2)3)42-39(47)37(40)43-38(46)31(21-29-16-10-14-27-12-6-8-18-32(27)29)22-30-17-11-15-28-13-7-9-19-33(28)30/h6-19,25-26,31,34-35,37,44H,5,20-24,40H2,1-4H3,(H,41,45)(H,42,47)(H,43,46)/t26-,34-,35+,37+/m0/s1. The van der Waals surface area contributed by atoms with Gasteiger partial charge in [-0.3, -0.25) is 14.4 Å². The molecule has 0 aliphatic heterocycles. The van der Waals surface area contributed by atoms with E-state index < -0.39 is 30.1 Å². The maximum Gasteiger partial charge on any atom is 0.257 e. The molecule has 0 bridgehead atoms. The highest BCUT2D eigenvalue weighted by molar-refractivity contribution is 5.91. The van der Waals surface area contributed by atoms with Crippen LogP contribution in [0.3, 0.4) is 0 Å². The number of hydrogen-bond acceptors (Lipinski definition) is 5. The summed E-state index contributed by atoms with van der Waals surface area (Å²) in [5.74, 6) is -1.28. The number of fused-ring (bicyclic) bond motifs is 2. The molecule has 250 valence electrons. The van der Waals surface area contributed by atoms with Crippen molar-refractivity contribution in [3.05, 3.63) is 96.1 Å². The van der Waals surface area contributed by atoms with Gasteiger partial charge in [0.25, 0.3) is 5.91 Å². The molecule has 0 aromatic heterocycles. The molecule has 0 fully saturated rings. The van der Waals surface area contributed by atoms with Crippen molar-refractivity contribution in [3.63, 3.8) is 0 Å². The first kappa shape index (κ1) is 35.6. The number of nitrogens with one attached hydrogen (secondary N) is 3. The van der Waals surface area contributed by atoms with Crippen molar-refractivity contribution in [2.75, 3.05) is 6.54 Å². The molecular weight excluding hydrogens is 588 g/mol. The average Bonchev–Trinajstić information content (AvgIpc) is 3.06. The van der Waals surface area contributed by atoms with Crippen LogP contribution in [0, 0.1) is 17.8 Å². The second-order valence-corrected chi connectivity index (χ2v) is 13.2. The summed E-state index contributed by atoms with van der Waals surface area (Å²) in [5, 5.41) is 23.7. The molecule has 4 aromatic rings. The third-order valence-electron chi connectivity index (χ3n) is 8.90. The minimum Gasteiger partial charge on any atom is -0.390 e. The van der Waals surface area contributed by atoms with Crippen molar-refractivity contribution in [2.45, 2.75) is 78.1 Å². The van der Waals surface area contributed by atoms with E-state index in [1.54, 1.807) is 0 Å². The maximum absolute atomic E-state index is 14.0. The summed E-state index contributed by atoms with van der Waals surface area (Å²) in [4.78, 5) is 39.8. The third kappa shape index (κ3) is 10.1. The zero-order chi connectivity index (χ0) is 33.9. The fourth-order valence-electron chi connectivity index (χ4n) is 6.00. The van der Waals surface area contributed by atoms with E-state index in [9.17, 15) is 19.5 Å². The number of amides is 3. The topological polar surface area (TPSA) is 134 Å². The van der Waals surface area contributed by atoms with Gasteiger partial charge in [0.2, 0.25) is 11.8 Å². The van der Waals surface area contributed by atoms with E-state index in [-0.39, 0.29) is 24.2 Å². The van der Waals surface area contributed by atoms with E-state index in [1.807, 2.05) is 69.3 Å². The molecule has 0 aliphatic rings. The Balaban J connectivity index is 1.50. The van der Waals surface area contributed by atoms with Crippen molar-refractivity contribution in [3.8, 4) is 0 Å². The van der Waals surface area contributed by atoms with Crippen molar-refractivity contribution in [1.29, 1.82) is 0 Å². The smallest absolute Gasteiger partial charge is 0.257 e. The quantitative estimate of drug-likeness (QED) is 0.107. The molecule has 0 radical (unpaired) electrons. The molecule has 4 atom stereocenters. The van der Waals surface area contributed by atoms with Gasteiger partial charge in [0, 0.05) is 12.5 Å². The molecule has 47 heavy (non-hydrogen) atoms. The van der Waals surface area contributed by atoms with Gasteiger partial charge in [-0.15, -0.1) is 0 Å². The lowest BCUT2D eigenvalue weighted by Gasteiger charge is -2.28. The summed E-state index contributed by atoms with van der Waals surface area (Å²) in [7, 11) is 0. The van der Waals surface area contributed by atoms with Gasteiger partial charge in [0.15, 0.2) is 6.17 Å². The molecule has 0 unspecified atom stereocenters. The van der Waals surface area contributed by atoms with E-state index >= 15 is 0 Å². The summed E-state index contributed by atoms with van der Waals surface area (Å²) in [6.45, 7) is 8.57. The Morgan fingerprint density at radius 3 is 1.81 bits per heavy atom. The minimum absolute atomic E-state index is 0.134. The zero-order valence-electron chi connectivity index (χ0n) is 28.0. The zero-order valence-corrected chi connectivity index (χ0v) is 28.0. The largest absolute Gasteiger partial charge is 0.390 e. The molecule has 0 heterocycles. The lowest BCUT2D eigenvalue weighted by atomic mass is 9.88. The van der Waals surface area contributed by atoms with Gasteiger partial charge >= 0.3 is 0 Å². The Hall–Kier alpha value is -4.27. The molecule has 6 N–H and O–H groups in total. The highest BCUT2D eigenvalue weighted by Gasteiger charge is 2.29. The van der Waals surface area contributed by atoms with E-state index in [0.29, 0.717) is 31.7 Å². The lowest BCUT2D eigenvalue weighted by Crippen LogP contribution is -2.57. The fourth-order valence-corrected chi connectivity index (χ4v) is 6.00. The summed E-state index contributed by atoms with van der Waals surface area (Å²) < 4.78 is 0. The van der Waals surface area contributed by atoms with E-state index in [4.69, 9.17) is 5.73 Å². The highest BCUT2D eigenvalue weighted by Crippen LogP contribution is 2.26. The molecule has 0 saturated heterocycles. The number of benzene rings is 4. The number of carbonyl (C=O) groups is 3. The van der Waals surface area contributed by atoms with Crippen LogP contribution in [0.15, 0.2) is 84.9 Å². The van der Waals surface area contributed by atoms with Crippen LogP contribution in [-0.4, -0.2) is 47.7 Å². The van der Waals surface area contributed by atoms with Gasteiger partial charge in [-0.25, -0.2) is 0 Å². The van der Waals surface area contributed by atoms with Gasteiger partial charge in [-0.2, -0.15) is 0 Å². The van der Waals surface area contributed by atoms with Crippen LogP contribution in [0.1, 0.15) is 58.1 Å². The molecule has 8 nitrogen and oxygen atoms in total. The molecule has 8 heteroatoms. The molecule has 0 spiro atoms. The third-order valence-corrected chi connectivity index (χ3v) is 8.90. The van der Waals surface area contributed by atoms with Crippen LogP contribution in [0.5, 0.6) is 0 Å². The first-order valence-corrected chi connectivity index (χ1v) is 16.8. The van der Waals surface area contributed by atoms with Crippen LogP contribution in [-0.2, 0) is 27.2 Å². The maximum atomic E-state index is 14.0. The molecule has 3 amide bonds. The predicted molar refractivity (Wildman–Crippen MR) is 189 cm³/mol. The average molecular weight is 639 g/mol. The van der Waals surface area contributed by atoms with Gasteiger partial charge in [0.1, 0.15) is 0 Å². The minimum atomic E-state index is -1.34. The number of aliphatic hydroxyl groups is 1. The number of carbonyl (C=O) groups excluding carboxylic acids is 3. The second-order valence-electron chi connectivity index (χ2n) is 13.2. The van der Waals surface area contributed by atoms with Gasteiger partial charge in [-0.05, 0) is 63.8 Å². The van der Waals surface area contributed by atoms with Crippen molar-refractivity contribution >= 4 is 39.3 Å². The Morgan fingerprint density at radius 1 is 0.745 bits per heavy atom. The van der Waals surface area contributed by atoms with Gasteiger partial charge in [0.05, 0.1) is 18.6 Å². The van der Waals surface area contributed by atoms with E-state index in [1.165, 1.54) is 0 Å². The summed E-state index contributed by atoms with van der Waals surface area (Å²) in [6.07, 6.45) is -0.317. The van der Waals surface area contributed by atoms with Crippen LogP contribution in [0.25, 0.3) is 21.5 Å². The number of aliphatic hydroxyl groups excluding tert-OH is 1. The van der Waals surface area contributed by atoms with Crippen LogP contribution < -0.4 is 21.7 Å². The molecule has 4 aromatic carbocycles. The highest BCUT2D eigenvalue weighted by atomic mass is 16.3. The number of rotatable bonds is 16. The molecule has 0 saturated carbocycles. The predicted octanol–water partition coefficient (Wildman–Crippen LogP) is 5.24. The normalized spacial score (nSPS) is 14.1. The Morgan fingerprint density at radius 2 is 1.28 bits per heavy atom. The SMILES string of the molecule is CC[C@H](C)CNC(=O)C[C@@H](O)[C@H](CC(C)C)NC(=O)[C@H](N)NC(=O)C(Cc1cccc2ccccc12)Cc1cccc2ccccc12. The van der Waals surface area contributed by atoms with Crippen LogP contribution in [0.2, 0.25) is 0 Å². The first-order chi connectivity index (χ1) is 22.5. The Bertz CT molecular complexity index is 1560. The van der Waals surface area contributed by atoms with E-state index in [2.05, 4.69) is 59.3 Å². The lowest BCUT2D eigenvalue weighted by molar-refractivity contribution is -0.132. The van der Waals surface area contributed by atoms with E-state index in [0.717, 1.165) is 39.1 Å². The van der Waals surface area contributed by atoms with Crippen molar-refractivity contribution in [1.82, 2.24) is 16.0 Å². The van der Waals surface area contributed by atoms with Crippen LogP contribution >= 0.6 is 0 Å². The molecule has 4 rings (SSSR count). The first-order valence-electron chi connectivity index (χ1n) is 16.8. The summed E-state index contributed by atoms with van der Waals surface area (Å²) >= 11 is 0. The monoisotopic (exact) mass is 638 g/mol. The Kier molecular flexibility index (Phi) is 12.9. The second kappa shape index (κ2) is 17.0. The molecule has 0 aliphatic carbocycles. The van der Waals surface area contributed by atoms with Gasteiger partial charge in [-0.1, -0.05) is 119 Å². The van der Waals surface area contributed by atoms with Gasteiger partial charge < -0.3 is 26.8 Å². The molecular formula is C39H50N4O4. The number of nitrogens with two attached hydrogens (primary N) is 1. The summed E-state index contributed by atoms with van der Waals surface area (Å²) in [5.41, 5.74) is 8.37.